The highest BCUT2D eigenvalue weighted by Gasteiger charge is 2.26. The summed E-state index contributed by atoms with van der Waals surface area (Å²) in [5, 5.41) is 26.9. The van der Waals surface area contributed by atoms with Gasteiger partial charge in [-0.25, -0.2) is 4.79 Å². The third-order valence-electron chi connectivity index (χ3n) is 4.03. The van der Waals surface area contributed by atoms with Gasteiger partial charge in [0.15, 0.2) is 0 Å². The van der Waals surface area contributed by atoms with Gasteiger partial charge in [-0.2, -0.15) is 5.10 Å². The molecule has 7 nitrogen and oxygen atoms in total. The zero-order chi connectivity index (χ0) is 16.0. The third-order valence-corrected chi connectivity index (χ3v) is 4.03. The van der Waals surface area contributed by atoms with E-state index in [2.05, 4.69) is 10.4 Å². The lowest BCUT2D eigenvalue weighted by Gasteiger charge is -2.19. The van der Waals surface area contributed by atoms with Crippen molar-refractivity contribution in [1.82, 2.24) is 15.1 Å². The van der Waals surface area contributed by atoms with E-state index in [4.69, 9.17) is 4.65 Å². The van der Waals surface area contributed by atoms with Crippen molar-refractivity contribution in [2.75, 3.05) is 0 Å². The molecule has 0 saturated carbocycles. The Morgan fingerprint density at radius 1 is 1.43 bits per heavy atom. The number of fused-ring (bicyclic) bond motifs is 2. The molecule has 1 aromatic carbocycles. The lowest BCUT2D eigenvalue weighted by Crippen LogP contribution is -2.24. The number of aromatic carboxylic acids is 1. The topological polar surface area (TPSA) is 96.6 Å². The summed E-state index contributed by atoms with van der Waals surface area (Å²) in [6.07, 6.45) is 3.59. The van der Waals surface area contributed by atoms with Crippen molar-refractivity contribution in [2.45, 2.75) is 19.6 Å². The number of nitrogens with one attached hydrogen (secondary N) is 1. The summed E-state index contributed by atoms with van der Waals surface area (Å²) >= 11 is 0. The second-order valence-corrected chi connectivity index (χ2v) is 5.59. The highest BCUT2D eigenvalue weighted by Crippen LogP contribution is 2.32. The van der Waals surface area contributed by atoms with Crippen LogP contribution in [0.25, 0.3) is 6.08 Å². The van der Waals surface area contributed by atoms with Crippen LogP contribution in [0.3, 0.4) is 0 Å². The molecule has 0 unspecified atom stereocenters. The van der Waals surface area contributed by atoms with Crippen molar-refractivity contribution in [3.63, 3.8) is 0 Å². The standard InChI is InChI=1S/C15H14BN3O4/c20-15(21)13-10(2-1-9-3-4-16(22)23-14(9)13)7-19-8-11-5-17-6-12(11)18-19/h1-4,8,17,22H,5-7H2,(H,20,21). The fourth-order valence-corrected chi connectivity index (χ4v) is 2.98. The molecule has 2 aliphatic rings. The van der Waals surface area contributed by atoms with Crippen LogP contribution in [-0.2, 0) is 19.6 Å². The number of carboxylic acids is 1. The lowest BCUT2D eigenvalue weighted by molar-refractivity contribution is 0.0693. The Morgan fingerprint density at radius 2 is 2.30 bits per heavy atom. The molecule has 0 atom stereocenters. The summed E-state index contributed by atoms with van der Waals surface area (Å²) in [6, 6.07) is 3.55. The number of benzene rings is 1. The Kier molecular flexibility index (Phi) is 3.21. The van der Waals surface area contributed by atoms with Crippen LogP contribution in [-0.4, -0.2) is 33.0 Å². The van der Waals surface area contributed by atoms with E-state index in [0.29, 0.717) is 17.7 Å². The fraction of sp³-hybridized carbons (Fsp3) is 0.200. The van der Waals surface area contributed by atoms with Crippen LogP contribution in [0.2, 0.25) is 0 Å². The zero-order valence-electron chi connectivity index (χ0n) is 12.2. The van der Waals surface area contributed by atoms with E-state index in [9.17, 15) is 14.9 Å². The van der Waals surface area contributed by atoms with Crippen molar-refractivity contribution in [2.24, 2.45) is 0 Å². The van der Waals surface area contributed by atoms with Crippen molar-refractivity contribution >= 4 is 19.2 Å². The van der Waals surface area contributed by atoms with Crippen LogP contribution >= 0.6 is 0 Å². The van der Waals surface area contributed by atoms with E-state index >= 15 is 0 Å². The average molecular weight is 311 g/mol. The third kappa shape index (κ3) is 2.41. The Balaban J connectivity index is 1.74. The van der Waals surface area contributed by atoms with Gasteiger partial charge in [0.25, 0.3) is 0 Å². The van der Waals surface area contributed by atoms with E-state index in [0.717, 1.165) is 24.3 Å². The Labute approximate surface area is 132 Å². The maximum atomic E-state index is 11.7. The smallest absolute Gasteiger partial charge is 0.532 e. The summed E-state index contributed by atoms with van der Waals surface area (Å²) in [7, 11) is -1.13. The average Bonchev–Trinajstić information content (AvgIpc) is 3.07. The molecule has 1 aromatic heterocycles. The molecule has 4 rings (SSSR count). The number of carbonyl (C=O) groups is 1. The normalized spacial score (nSPS) is 15.3. The van der Waals surface area contributed by atoms with Crippen molar-refractivity contribution < 1.29 is 19.6 Å². The Hall–Kier alpha value is -2.58. The van der Waals surface area contributed by atoms with E-state index < -0.39 is 13.1 Å². The SMILES string of the molecule is O=C(O)c1c(Cn2cc3c(n2)CNC3)ccc2c1OB(O)C=C2. The fourth-order valence-electron chi connectivity index (χ4n) is 2.98. The van der Waals surface area contributed by atoms with Gasteiger partial charge >= 0.3 is 13.1 Å². The first-order valence-electron chi connectivity index (χ1n) is 7.30. The first-order chi connectivity index (χ1) is 11.1. The van der Waals surface area contributed by atoms with Crippen LogP contribution in [0, 0.1) is 0 Å². The maximum absolute atomic E-state index is 11.7. The molecule has 0 amide bonds. The minimum absolute atomic E-state index is 0.0692. The number of hydrogen-bond donors (Lipinski definition) is 3. The predicted molar refractivity (Wildman–Crippen MR) is 82.9 cm³/mol. The number of rotatable bonds is 3. The van der Waals surface area contributed by atoms with Crippen LogP contribution < -0.4 is 9.97 Å². The molecule has 2 aromatic rings. The predicted octanol–water partition coefficient (Wildman–Crippen LogP) is 0.658. The van der Waals surface area contributed by atoms with Gasteiger partial charge in [-0.3, -0.25) is 4.68 Å². The van der Waals surface area contributed by atoms with Crippen LogP contribution in [0.5, 0.6) is 5.75 Å². The first kappa shape index (κ1) is 14.0. The van der Waals surface area contributed by atoms with Crippen molar-refractivity contribution in [1.29, 1.82) is 0 Å². The van der Waals surface area contributed by atoms with Crippen LogP contribution in [0.1, 0.15) is 32.7 Å². The van der Waals surface area contributed by atoms with Gasteiger partial charge in [-0.1, -0.05) is 18.2 Å². The molecule has 0 spiro atoms. The Bertz CT molecular complexity index is 809. The summed E-state index contributed by atoms with van der Waals surface area (Å²) in [6.45, 7) is 1.86. The second kappa shape index (κ2) is 5.25. The number of aromatic nitrogens is 2. The van der Waals surface area contributed by atoms with Gasteiger partial charge in [-0.15, -0.1) is 0 Å². The maximum Gasteiger partial charge on any atom is 0.552 e. The number of hydrogen-bond acceptors (Lipinski definition) is 5. The van der Waals surface area contributed by atoms with E-state index in [1.165, 1.54) is 5.98 Å². The van der Waals surface area contributed by atoms with E-state index in [1.807, 2.05) is 6.20 Å². The molecule has 0 fully saturated rings. The molecular formula is C15H14BN3O4. The molecule has 8 heteroatoms. The molecule has 0 saturated heterocycles. The van der Waals surface area contributed by atoms with Gasteiger partial charge in [0.2, 0.25) is 0 Å². The van der Waals surface area contributed by atoms with E-state index in [1.54, 1.807) is 22.9 Å². The van der Waals surface area contributed by atoms with Gasteiger partial charge in [-0.05, 0) is 11.5 Å². The molecular weight excluding hydrogens is 297 g/mol. The quantitative estimate of drug-likeness (QED) is 0.721. The van der Waals surface area contributed by atoms with Gasteiger partial charge in [0, 0.05) is 30.4 Å². The largest absolute Gasteiger partial charge is 0.552 e. The second-order valence-electron chi connectivity index (χ2n) is 5.59. The first-order valence-corrected chi connectivity index (χ1v) is 7.30. The summed E-state index contributed by atoms with van der Waals surface area (Å²) in [5.74, 6) is 0.589. The van der Waals surface area contributed by atoms with E-state index in [-0.39, 0.29) is 11.3 Å². The lowest BCUT2D eigenvalue weighted by atomic mass is 9.85. The minimum Gasteiger partial charge on any atom is -0.532 e. The molecule has 23 heavy (non-hydrogen) atoms. The number of carboxylic acid groups (broad SMARTS) is 1. The van der Waals surface area contributed by atoms with Crippen molar-refractivity contribution in [3.05, 3.63) is 52.3 Å². The molecule has 3 N–H and O–H groups in total. The molecule has 0 radical (unpaired) electrons. The molecule has 0 bridgehead atoms. The molecule has 2 aliphatic heterocycles. The molecule has 116 valence electrons. The molecule has 3 heterocycles. The van der Waals surface area contributed by atoms with Crippen molar-refractivity contribution in [3.8, 4) is 5.75 Å². The minimum atomic E-state index is -1.13. The summed E-state index contributed by atoms with van der Waals surface area (Å²) in [4.78, 5) is 11.7. The van der Waals surface area contributed by atoms with Gasteiger partial charge < -0.3 is 20.1 Å². The van der Waals surface area contributed by atoms with Crippen LogP contribution in [0.4, 0.5) is 0 Å². The highest BCUT2D eigenvalue weighted by molar-refractivity contribution is 6.51. The van der Waals surface area contributed by atoms with Gasteiger partial charge in [0.05, 0.1) is 12.2 Å². The van der Waals surface area contributed by atoms with Gasteiger partial charge in [0.1, 0.15) is 11.3 Å². The summed E-state index contributed by atoms with van der Waals surface area (Å²) < 4.78 is 7.06. The zero-order valence-corrected chi connectivity index (χ0v) is 12.2. The summed E-state index contributed by atoms with van der Waals surface area (Å²) in [5.41, 5.74) is 3.43. The number of nitrogens with zero attached hydrogens (tertiary/aromatic N) is 2. The highest BCUT2D eigenvalue weighted by atomic mass is 16.5. The molecule has 0 aliphatic carbocycles. The Morgan fingerprint density at radius 3 is 3.09 bits per heavy atom. The monoisotopic (exact) mass is 311 g/mol. The van der Waals surface area contributed by atoms with Crippen LogP contribution in [0.15, 0.2) is 24.3 Å².